The summed E-state index contributed by atoms with van der Waals surface area (Å²) >= 11 is 0. The summed E-state index contributed by atoms with van der Waals surface area (Å²) in [6.45, 7) is 2.14. The average Bonchev–Trinajstić information content (AvgIpc) is 2.54. The van der Waals surface area contributed by atoms with Crippen LogP contribution in [0.5, 0.6) is 0 Å². The van der Waals surface area contributed by atoms with E-state index in [2.05, 4.69) is 16.0 Å². The fraction of sp³-hybridized carbons (Fsp3) is 0.643. The number of nitrogens with two attached hydrogens (primary N) is 2. The van der Waals surface area contributed by atoms with Crippen LogP contribution in [0.15, 0.2) is 0 Å². The Kier molecular flexibility index (Phi) is 9.84. The molecule has 4 atom stereocenters. The molecule has 9 N–H and O–H groups in total. The SMILES string of the molecule is CC(NC(=O)CNC(=O)C(N)C(C)O)C(=O)NC(CCC(N)=O)C(=O)O. The Morgan fingerprint density at radius 3 is 2.08 bits per heavy atom. The third-order valence-electron chi connectivity index (χ3n) is 3.31. The van der Waals surface area contributed by atoms with Gasteiger partial charge in [-0.15, -0.1) is 0 Å². The Balaban J connectivity index is 4.46. The van der Waals surface area contributed by atoms with Gasteiger partial charge >= 0.3 is 5.97 Å². The lowest BCUT2D eigenvalue weighted by Crippen LogP contribution is -2.53. The molecule has 0 aliphatic rings. The highest BCUT2D eigenvalue weighted by Crippen LogP contribution is 1.98. The first-order valence-electron chi connectivity index (χ1n) is 7.77. The topological polar surface area (TPSA) is 214 Å². The van der Waals surface area contributed by atoms with E-state index in [1.54, 1.807) is 0 Å². The van der Waals surface area contributed by atoms with Gasteiger partial charge in [0.15, 0.2) is 0 Å². The highest BCUT2D eigenvalue weighted by atomic mass is 16.4. The van der Waals surface area contributed by atoms with Crippen molar-refractivity contribution in [1.82, 2.24) is 16.0 Å². The van der Waals surface area contributed by atoms with E-state index in [1.807, 2.05) is 0 Å². The lowest BCUT2D eigenvalue weighted by atomic mass is 10.1. The number of carbonyl (C=O) groups is 5. The maximum Gasteiger partial charge on any atom is 0.326 e. The summed E-state index contributed by atoms with van der Waals surface area (Å²) in [5, 5.41) is 24.8. The fourth-order valence-electron chi connectivity index (χ4n) is 1.70. The van der Waals surface area contributed by atoms with Crippen LogP contribution in [0.4, 0.5) is 0 Å². The summed E-state index contributed by atoms with van der Waals surface area (Å²) in [5.74, 6) is -4.31. The summed E-state index contributed by atoms with van der Waals surface area (Å²) < 4.78 is 0. The van der Waals surface area contributed by atoms with Gasteiger partial charge in [0.25, 0.3) is 0 Å². The molecule has 0 fully saturated rings. The summed E-state index contributed by atoms with van der Waals surface area (Å²) in [7, 11) is 0. The Morgan fingerprint density at radius 2 is 1.62 bits per heavy atom. The third kappa shape index (κ3) is 8.94. The zero-order valence-electron chi connectivity index (χ0n) is 14.5. The highest BCUT2D eigenvalue weighted by molar-refractivity contribution is 5.92. The van der Waals surface area contributed by atoms with E-state index in [9.17, 15) is 24.0 Å². The number of nitrogens with one attached hydrogen (secondary N) is 3. The van der Waals surface area contributed by atoms with Crippen LogP contribution in [-0.2, 0) is 24.0 Å². The molecule has 0 aliphatic heterocycles. The monoisotopic (exact) mass is 375 g/mol. The lowest BCUT2D eigenvalue weighted by molar-refractivity contribution is -0.142. The number of amides is 4. The molecule has 12 heteroatoms. The van der Waals surface area contributed by atoms with Gasteiger partial charge < -0.3 is 37.6 Å². The third-order valence-corrected chi connectivity index (χ3v) is 3.31. The van der Waals surface area contributed by atoms with E-state index in [1.165, 1.54) is 13.8 Å². The number of aliphatic carboxylic acids is 1. The molecule has 0 rings (SSSR count). The van der Waals surface area contributed by atoms with Crippen LogP contribution < -0.4 is 27.4 Å². The van der Waals surface area contributed by atoms with Gasteiger partial charge in [-0.25, -0.2) is 4.79 Å². The van der Waals surface area contributed by atoms with Crippen molar-refractivity contribution in [2.45, 2.75) is 50.9 Å². The van der Waals surface area contributed by atoms with Crippen LogP contribution in [-0.4, -0.2) is 70.6 Å². The van der Waals surface area contributed by atoms with Crippen molar-refractivity contribution in [1.29, 1.82) is 0 Å². The minimum atomic E-state index is -1.35. The molecule has 0 heterocycles. The number of carbonyl (C=O) groups excluding carboxylic acids is 4. The molecule has 0 aromatic carbocycles. The first kappa shape index (κ1) is 23.3. The molecule has 26 heavy (non-hydrogen) atoms. The first-order chi connectivity index (χ1) is 12.0. The molecule has 0 aromatic heterocycles. The molecule has 0 saturated heterocycles. The second-order valence-corrected chi connectivity index (χ2v) is 5.68. The van der Waals surface area contributed by atoms with Crippen molar-refractivity contribution in [3.05, 3.63) is 0 Å². The van der Waals surface area contributed by atoms with Crippen LogP contribution in [0.25, 0.3) is 0 Å². The number of carboxylic acids is 1. The second-order valence-electron chi connectivity index (χ2n) is 5.68. The van der Waals surface area contributed by atoms with Crippen LogP contribution in [0.2, 0.25) is 0 Å². The van der Waals surface area contributed by atoms with Crippen LogP contribution >= 0.6 is 0 Å². The molecule has 0 aromatic rings. The normalized spacial score (nSPS) is 15.1. The molecular formula is C14H25N5O7. The molecule has 0 radical (unpaired) electrons. The van der Waals surface area contributed by atoms with Crippen molar-refractivity contribution in [2.24, 2.45) is 11.5 Å². The van der Waals surface area contributed by atoms with E-state index in [0.29, 0.717) is 0 Å². The molecule has 0 saturated carbocycles. The van der Waals surface area contributed by atoms with Gasteiger partial charge in [-0.3, -0.25) is 19.2 Å². The van der Waals surface area contributed by atoms with Gasteiger partial charge in [0, 0.05) is 6.42 Å². The second kappa shape index (κ2) is 11.0. The Bertz CT molecular complexity index is 552. The fourth-order valence-corrected chi connectivity index (χ4v) is 1.70. The molecule has 4 amide bonds. The molecule has 0 spiro atoms. The minimum absolute atomic E-state index is 0.190. The van der Waals surface area contributed by atoms with Crippen molar-refractivity contribution >= 4 is 29.6 Å². The molecular weight excluding hydrogens is 350 g/mol. The Morgan fingerprint density at radius 1 is 1.04 bits per heavy atom. The summed E-state index contributed by atoms with van der Waals surface area (Å²) in [6.07, 6.45) is -1.52. The minimum Gasteiger partial charge on any atom is -0.480 e. The number of hydrogen-bond acceptors (Lipinski definition) is 7. The van der Waals surface area contributed by atoms with Crippen molar-refractivity contribution in [2.75, 3.05) is 6.54 Å². The van der Waals surface area contributed by atoms with E-state index >= 15 is 0 Å². The zero-order chi connectivity index (χ0) is 20.4. The first-order valence-corrected chi connectivity index (χ1v) is 7.77. The molecule has 4 unspecified atom stereocenters. The van der Waals surface area contributed by atoms with Gasteiger partial charge in [-0.1, -0.05) is 0 Å². The molecule has 148 valence electrons. The van der Waals surface area contributed by atoms with Crippen molar-refractivity contribution in [3.63, 3.8) is 0 Å². The average molecular weight is 375 g/mol. The lowest BCUT2D eigenvalue weighted by Gasteiger charge is -2.19. The van der Waals surface area contributed by atoms with Crippen molar-refractivity contribution in [3.8, 4) is 0 Å². The molecule has 0 aliphatic carbocycles. The Labute approximate surface area is 149 Å². The Hall–Kier alpha value is -2.73. The standard InChI is InChI=1S/C14H25N5O7/c1-6(12(23)19-8(14(25)26)3-4-9(15)21)18-10(22)5-17-13(24)11(16)7(2)20/h6-8,11,20H,3-5,16H2,1-2H3,(H2,15,21)(H,17,24)(H,18,22)(H,19,23)(H,25,26). The van der Waals surface area contributed by atoms with Gasteiger partial charge in [-0.2, -0.15) is 0 Å². The number of carboxylic acid groups (broad SMARTS) is 1. The largest absolute Gasteiger partial charge is 0.480 e. The quantitative estimate of drug-likeness (QED) is 0.189. The zero-order valence-corrected chi connectivity index (χ0v) is 14.5. The van der Waals surface area contributed by atoms with E-state index in [0.717, 1.165) is 0 Å². The predicted molar refractivity (Wildman–Crippen MR) is 88.3 cm³/mol. The number of hydrogen-bond donors (Lipinski definition) is 7. The number of primary amides is 1. The summed E-state index contributed by atoms with van der Waals surface area (Å²) in [4.78, 5) is 56.9. The van der Waals surface area contributed by atoms with E-state index < -0.39 is 60.4 Å². The van der Waals surface area contributed by atoms with E-state index in [-0.39, 0.29) is 12.8 Å². The van der Waals surface area contributed by atoms with Crippen LogP contribution in [0.1, 0.15) is 26.7 Å². The maximum atomic E-state index is 11.9. The van der Waals surface area contributed by atoms with Crippen LogP contribution in [0, 0.1) is 0 Å². The highest BCUT2D eigenvalue weighted by Gasteiger charge is 2.25. The number of aliphatic hydroxyl groups is 1. The smallest absolute Gasteiger partial charge is 0.326 e. The molecule has 0 bridgehead atoms. The van der Waals surface area contributed by atoms with Crippen LogP contribution in [0.3, 0.4) is 0 Å². The van der Waals surface area contributed by atoms with Crippen molar-refractivity contribution < 1.29 is 34.2 Å². The van der Waals surface area contributed by atoms with E-state index in [4.69, 9.17) is 21.7 Å². The van der Waals surface area contributed by atoms with Gasteiger partial charge in [0.2, 0.25) is 23.6 Å². The predicted octanol–water partition coefficient (Wildman–Crippen LogP) is -3.85. The summed E-state index contributed by atoms with van der Waals surface area (Å²) in [5.41, 5.74) is 10.3. The number of rotatable bonds is 11. The maximum absolute atomic E-state index is 11.9. The van der Waals surface area contributed by atoms with Gasteiger partial charge in [0.05, 0.1) is 12.6 Å². The molecule has 12 nitrogen and oxygen atoms in total. The van der Waals surface area contributed by atoms with Gasteiger partial charge in [-0.05, 0) is 20.3 Å². The number of aliphatic hydroxyl groups excluding tert-OH is 1. The van der Waals surface area contributed by atoms with Gasteiger partial charge in [0.1, 0.15) is 18.1 Å². The summed E-state index contributed by atoms with van der Waals surface area (Å²) in [6, 6.07) is -3.64.